The Morgan fingerprint density at radius 2 is 1.86 bits per heavy atom. The van der Waals surface area contributed by atoms with Crippen molar-refractivity contribution in [2.45, 2.75) is 19.0 Å². The predicted molar refractivity (Wildman–Crippen MR) is 53.8 cm³/mol. The molecule has 0 saturated heterocycles. The highest BCUT2D eigenvalue weighted by Crippen LogP contribution is 2.42. The summed E-state index contributed by atoms with van der Waals surface area (Å²) in [7, 11) is 0.923. The molecule has 0 fully saturated rings. The van der Waals surface area contributed by atoms with Crippen LogP contribution >= 0.6 is 0 Å². The number of ether oxygens (including phenoxy) is 2. The molecule has 0 spiro atoms. The van der Waals surface area contributed by atoms with E-state index in [1.165, 1.54) is 0 Å². The van der Waals surface area contributed by atoms with Gasteiger partial charge in [0.05, 0.1) is 19.7 Å². The van der Waals surface area contributed by atoms with Gasteiger partial charge in [-0.1, -0.05) is 0 Å². The highest BCUT2D eigenvalue weighted by atomic mass is 19.4. The smallest absolute Gasteiger partial charge is 0.495 e. The standard InChI is InChI=1S/C10H7F6NO4/c1-20-5-3-17-8(21-10(14,15)16)7(9(11,12)13)4(5)2-6(18)19/h3H,2H2,1H3,(H,18,19). The number of aromatic nitrogens is 1. The lowest BCUT2D eigenvalue weighted by atomic mass is 10.1. The molecule has 0 aliphatic heterocycles. The summed E-state index contributed by atoms with van der Waals surface area (Å²) in [5, 5.41) is 8.59. The highest BCUT2D eigenvalue weighted by molar-refractivity contribution is 5.72. The monoisotopic (exact) mass is 319 g/mol. The Kier molecular flexibility index (Phi) is 4.54. The first kappa shape index (κ1) is 16.9. The maximum absolute atomic E-state index is 12.9. The third kappa shape index (κ3) is 4.39. The molecule has 0 aliphatic carbocycles. The summed E-state index contributed by atoms with van der Waals surface area (Å²) >= 11 is 0. The Labute approximate surface area is 113 Å². The van der Waals surface area contributed by atoms with Gasteiger partial charge >= 0.3 is 18.5 Å². The first-order chi connectivity index (χ1) is 9.45. The topological polar surface area (TPSA) is 68.7 Å². The van der Waals surface area contributed by atoms with E-state index in [0.29, 0.717) is 6.20 Å². The number of carbonyl (C=O) groups is 1. The molecule has 118 valence electrons. The number of hydrogen-bond donors (Lipinski definition) is 1. The van der Waals surface area contributed by atoms with Crippen molar-refractivity contribution >= 4 is 5.97 Å². The van der Waals surface area contributed by atoms with Crippen molar-refractivity contribution in [2.75, 3.05) is 7.11 Å². The molecule has 1 rings (SSSR count). The van der Waals surface area contributed by atoms with E-state index in [9.17, 15) is 31.1 Å². The summed E-state index contributed by atoms with van der Waals surface area (Å²) < 4.78 is 82.8. The summed E-state index contributed by atoms with van der Waals surface area (Å²) in [6.45, 7) is 0. The SMILES string of the molecule is COc1cnc(OC(F)(F)F)c(C(F)(F)F)c1CC(=O)O. The van der Waals surface area contributed by atoms with E-state index in [4.69, 9.17) is 5.11 Å². The van der Waals surface area contributed by atoms with E-state index >= 15 is 0 Å². The van der Waals surface area contributed by atoms with Crippen LogP contribution in [0.4, 0.5) is 26.3 Å². The summed E-state index contributed by atoms with van der Waals surface area (Å²) in [6.07, 6.45) is -11.4. The van der Waals surface area contributed by atoms with Crippen LogP contribution in [-0.4, -0.2) is 29.5 Å². The largest absolute Gasteiger partial charge is 0.574 e. The molecule has 0 aromatic carbocycles. The number of halogens is 6. The van der Waals surface area contributed by atoms with Crippen molar-refractivity contribution in [1.82, 2.24) is 4.98 Å². The van der Waals surface area contributed by atoms with Gasteiger partial charge in [-0.25, -0.2) is 4.98 Å². The Morgan fingerprint density at radius 3 is 2.24 bits per heavy atom. The van der Waals surface area contributed by atoms with Crippen molar-refractivity contribution in [3.05, 3.63) is 17.3 Å². The van der Waals surface area contributed by atoms with Crippen molar-refractivity contribution in [3.8, 4) is 11.6 Å². The number of carboxylic acid groups (broad SMARTS) is 1. The fourth-order valence-electron chi connectivity index (χ4n) is 1.49. The zero-order valence-corrected chi connectivity index (χ0v) is 10.2. The average molecular weight is 319 g/mol. The van der Waals surface area contributed by atoms with Crippen molar-refractivity contribution in [1.29, 1.82) is 0 Å². The van der Waals surface area contributed by atoms with Crippen LogP contribution in [0.25, 0.3) is 0 Å². The number of alkyl halides is 6. The summed E-state index contributed by atoms with van der Waals surface area (Å²) in [5.41, 5.74) is -2.95. The molecule has 21 heavy (non-hydrogen) atoms. The molecular weight excluding hydrogens is 312 g/mol. The molecule has 1 heterocycles. The van der Waals surface area contributed by atoms with E-state index < -0.39 is 47.7 Å². The van der Waals surface area contributed by atoms with Gasteiger partial charge in [0, 0.05) is 5.56 Å². The molecule has 0 saturated carbocycles. The second kappa shape index (κ2) is 5.66. The Bertz CT molecular complexity index is 540. The lowest BCUT2D eigenvalue weighted by molar-refractivity contribution is -0.277. The molecule has 0 bridgehead atoms. The molecule has 5 nitrogen and oxygen atoms in total. The predicted octanol–water partition coefficient (Wildman–Crippen LogP) is 2.63. The molecule has 1 aromatic heterocycles. The lowest BCUT2D eigenvalue weighted by Gasteiger charge is -2.18. The minimum absolute atomic E-state index is 0.522. The number of rotatable bonds is 4. The van der Waals surface area contributed by atoms with E-state index in [0.717, 1.165) is 7.11 Å². The lowest BCUT2D eigenvalue weighted by Crippen LogP contribution is -2.23. The van der Waals surface area contributed by atoms with E-state index in [-0.39, 0.29) is 0 Å². The fourth-order valence-corrected chi connectivity index (χ4v) is 1.49. The summed E-state index contributed by atoms with van der Waals surface area (Å²) in [5.74, 6) is -4.09. The van der Waals surface area contributed by atoms with Gasteiger partial charge in [0.25, 0.3) is 0 Å². The Morgan fingerprint density at radius 1 is 1.29 bits per heavy atom. The third-order valence-electron chi connectivity index (χ3n) is 2.16. The van der Waals surface area contributed by atoms with E-state index in [1.807, 2.05) is 0 Å². The molecule has 11 heteroatoms. The van der Waals surface area contributed by atoms with Crippen LogP contribution in [0, 0.1) is 0 Å². The van der Waals surface area contributed by atoms with Gasteiger partial charge in [0.2, 0.25) is 5.88 Å². The van der Waals surface area contributed by atoms with Crippen LogP contribution in [-0.2, 0) is 17.4 Å². The maximum Gasteiger partial charge on any atom is 0.574 e. The van der Waals surface area contributed by atoms with Crippen LogP contribution in [0.1, 0.15) is 11.1 Å². The summed E-state index contributed by atoms with van der Waals surface area (Å²) in [4.78, 5) is 13.5. The Balaban J connectivity index is 3.56. The quantitative estimate of drug-likeness (QED) is 0.864. The molecular formula is C10H7F6NO4. The molecule has 0 amide bonds. The molecule has 0 unspecified atom stereocenters. The number of pyridine rings is 1. The molecule has 1 N–H and O–H groups in total. The van der Waals surface area contributed by atoms with Gasteiger partial charge in [0.1, 0.15) is 11.3 Å². The van der Waals surface area contributed by atoms with Crippen LogP contribution in [0.2, 0.25) is 0 Å². The molecule has 0 radical (unpaired) electrons. The van der Waals surface area contributed by atoms with Crippen LogP contribution in [0.15, 0.2) is 6.20 Å². The van der Waals surface area contributed by atoms with Crippen molar-refractivity contribution in [3.63, 3.8) is 0 Å². The van der Waals surface area contributed by atoms with E-state index in [2.05, 4.69) is 14.5 Å². The first-order valence-electron chi connectivity index (χ1n) is 5.06. The molecule has 0 aliphatic rings. The number of methoxy groups -OCH3 is 1. The normalized spacial score (nSPS) is 12.1. The van der Waals surface area contributed by atoms with Gasteiger partial charge in [0.15, 0.2) is 0 Å². The van der Waals surface area contributed by atoms with Crippen LogP contribution in [0.3, 0.4) is 0 Å². The van der Waals surface area contributed by atoms with Gasteiger partial charge in [-0.3, -0.25) is 4.79 Å². The average Bonchev–Trinajstić information content (AvgIpc) is 2.24. The summed E-state index contributed by atoms with van der Waals surface area (Å²) in [6, 6.07) is 0. The zero-order chi connectivity index (χ0) is 16.4. The second-order valence-corrected chi connectivity index (χ2v) is 3.60. The minimum Gasteiger partial charge on any atom is -0.495 e. The van der Waals surface area contributed by atoms with Crippen molar-refractivity contribution < 1.29 is 45.7 Å². The number of aliphatic carboxylic acids is 1. The van der Waals surface area contributed by atoms with E-state index in [1.54, 1.807) is 0 Å². The van der Waals surface area contributed by atoms with Crippen molar-refractivity contribution in [2.24, 2.45) is 0 Å². The number of hydrogen-bond acceptors (Lipinski definition) is 4. The van der Waals surface area contributed by atoms with Gasteiger partial charge < -0.3 is 14.6 Å². The minimum atomic E-state index is -5.41. The molecule has 0 atom stereocenters. The highest BCUT2D eigenvalue weighted by Gasteiger charge is 2.43. The fraction of sp³-hybridized carbons (Fsp3) is 0.400. The van der Waals surface area contributed by atoms with Gasteiger partial charge in [-0.15, -0.1) is 13.2 Å². The van der Waals surface area contributed by atoms with Gasteiger partial charge in [-0.05, 0) is 0 Å². The first-order valence-corrected chi connectivity index (χ1v) is 5.06. The number of nitrogens with zero attached hydrogens (tertiary/aromatic N) is 1. The molecule has 1 aromatic rings. The second-order valence-electron chi connectivity index (χ2n) is 3.60. The van der Waals surface area contributed by atoms with Gasteiger partial charge in [-0.2, -0.15) is 13.2 Å². The maximum atomic E-state index is 12.9. The third-order valence-corrected chi connectivity index (χ3v) is 2.16. The Hall–Kier alpha value is -2.20. The van der Waals surface area contributed by atoms with Crippen LogP contribution in [0.5, 0.6) is 11.6 Å². The zero-order valence-electron chi connectivity index (χ0n) is 10.2. The van der Waals surface area contributed by atoms with Crippen LogP contribution < -0.4 is 9.47 Å². The number of carboxylic acids is 1.